The first-order chi connectivity index (χ1) is 11.5. The first-order valence-electron chi connectivity index (χ1n) is 8.84. The molecule has 0 spiro atoms. The third-order valence-electron chi connectivity index (χ3n) is 4.31. The number of carbonyl (C=O) groups is 3. The Labute approximate surface area is 144 Å². The standard InChI is InChI=1S/C20H28O4/c1-2-16(14-20(23)24)10-6-3-4-9-13-18(21)15-19(22)17-11-7-5-8-12-17/h5,7-8,11-12,16H,2-4,6,9-10,13-15H2,1H3,(H,23,24). The van der Waals surface area contributed by atoms with Crippen molar-refractivity contribution < 1.29 is 19.5 Å². The number of ketones is 2. The van der Waals surface area contributed by atoms with Gasteiger partial charge in [0.15, 0.2) is 5.78 Å². The molecule has 0 aliphatic heterocycles. The number of aliphatic carboxylic acids is 1. The summed E-state index contributed by atoms with van der Waals surface area (Å²) < 4.78 is 0. The molecule has 4 heteroatoms. The molecule has 1 unspecified atom stereocenters. The van der Waals surface area contributed by atoms with Crippen molar-refractivity contribution in [3.05, 3.63) is 35.9 Å². The zero-order chi connectivity index (χ0) is 17.8. The minimum absolute atomic E-state index is 0.00108. The molecule has 0 radical (unpaired) electrons. The highest BCUT2D eigenvalue weighted by Crippen LogP contribution is 2.18. The van der Waals surface area contributed by atoms with Crippen molar-refractivity contribution in [1.29, 1.82) is 0 Å². The van der Waals surface area contributed by atoms with Crippen LogP contribution in [0.15, 0.2) is 30.3 Å². The van der Waals surface area contributed by atoms with E-state index in [4.69, 9.17) is 5.11 Å². The van der Waals surface area contributed by atoms with E-state index < -0.39 is 5.97 Å². The topological polar surface area (TPSA) is 71.4 Å². The SMILES string of the molecule is CCC(CCCCCCC(=O)CC(=O)c1ccccc1)CC(=O)O. The van der Waals surface area contributed by atoms with Crippen LogP contribution in [0, 0.1) is 5.92 Å². The van der Waals surface area contributed by atoms with Crippen molar-refractivity contribution in [1.82, 2.24) is 0 Å². The molecule has 0 amide bonds. The fourth-order valence-corrected chi connectivity index (χ4v) is 2.80. The highest BCUT2D eigenvalue weighted by atomic mass is 16.4. The van der Waals surface area contributed by atoms with Gasteiger partial charge in [0.2, 0.25) is 0 Å². The normalized spacial score (nSPS) is 11.9. The average Bonchev–Trinajstić information content (AvgIpc) is 2.57. The second-order valence-corrected chi connectivity index (χ2v) is 6.33. The smallest absolute Gasteiger partial charge is 0.303 e. The second-order valence-electron chi connectivity index (χ2n) is 6.33. The Bertz CT molecular complexity index is 522. The summed E-state index contributed by atoms with van der Waals surface area (Å²) in [4.78, 5) is 34.5. The maximum atomic E-state index is 11.9. The summed E-state index contributed by atoms with van der Waals surface area (Å²) in [6.07, 6.45) is 6.28. The Hall–Kier alpha value is -1.97. The van der Waals surface area contributed by atoms with Crippen LogP contribution in [0.1, 0.15) is 75.1 Å². The Balaban J connectivity index is 2.11. The van der Waals surface area contributed by atoms with E-state index >= 15 is 0 Å². The Morgan fingerprint density at radius 2 is 1.67 bits per heavy atom. The lowest BCUT2D eigenvalue weighted by molar-refractivity contribution is -0.138. The van der Waals surface area contributed by atoms with Gasteiger partial charge in [-0.3, -0.25) is 14.4 Å². The Morgan fingerprint density at radius 3 is 2.29 bits per heavy atom. The van der Waals surface area contributed by atoms with Gasteiger partial charge in [0, 0.05) is 18.4 Å². The van der Waals surface area contributed by atoms with Gasteiger partial charge in [-0.05, 0) is 18.8 Å². The molecule has 1 N–H and O–H groups in total. The van der Waals surface area contributed by atoms with Gasteiger partial charge in [0.25, 0.3) is 0 Å². The number of hydrogen-bond acceptors (Lipinski definition) is 3. The lowest BCUT2D eigenvalue weighted by atomic mass is 9.94. The summed E-state index contributed by atoms with van der Waals surface area (Å²) in [6, 6.07) is 8.91. The van der Waals surface area contributed by atoms with Crippen LogP contribution in [0.4, 0.5) is 0 Å². The van der Waals surface area contributed by atoms with Crippen molar-refractivity contribution in [3.63, 3.8) is 0 Å². The number of rotatable bonds is 13. The molecule has 24 heavy (non-hydrogen) atoms. The van der Waals surface area contributed by atoms with Crippen LogP contribution >= 0.6 is 0 Å². The number of unbranched alkanes of at least 4 members (excludes halogenated alkanes) is 3. The average molecular weight is 332 g/mol. The van der Waals surface area contributed by atoms with Crippen LogP contribution in [0.5, 0.6) is 0 Å². The minimum Gasteiger partial charge on any atom is -0.481 e. The van der Waals surface area contributed by atoms with Gasteiger partial charge < -0.3 is 5.11 Å². The molecule has 0 aliphatic carbocycles. The van der Waals surface area contributed by atoms with Gasteiger partial charge >= 0.3 is 5.97 Å². The number of benzene rings is 1. The summed E-state index contributed by atoms with van der Waals surface area (Å²) in [5.74, 6) is -0.579. The minimum atomic E-state index is -0.726. The summed E-state index contributed by atoms with van der Waals surface area (Å²) in [6.45, 7) is 2.02. The molecule has 0 heterocycles. The quantitative estimate of drug-likeness (QED) is 0.324. The van der Waals surface area contributed by atoms with Crippen LogP contribution in [-0.4, -0.2) is 22.6 Å². The molecule has 0 aliphatic rings. The summed E-state index contributed by atoms with van der Waals surface area (Å²) in [5.41, 5.74) is 0.592. The number of carbonyl (C=O) groups excluding carboxylic acids is 2. The van der Waals surface area contributed by atoms with Crippen LogP contribution in [0.3, 0.4) is 0 Å². The molecule has 0 saturated heterocycles. The van der Waals surface area contributed by atoms with Gasteiger partial charge in [0.1, 0.15) is 5.78 Å². The fraction of sp³-hybridized carbons (Fsp3) is 0.550. The van der Waals surface area contributed by atoms with Crippen molar-refractivity contribution >= 4 is 17.5 Å². The molecule has 0 fully saturated rings. The first-order valence-corrected chi connectivity index (χ1v) is 8.84. The Morgan fingerprint density at radius 1 is 1.00 bits per heavy atom. The Kier molecular flexibility index (Phi) is 9.66. The van der Waals surface area contributed by atoms with Crippen LogP contribution < -0.4 is 0 Å². The van der Waals surface area contributed by atoms with Crippen molar-refractivity contribution in [3.8, 4) is 0 Å². The van der Waals surface area contributed by atoms with E-state index in [0.29, 0.717) is 12.0 Å². The molecular formula is C20H28O4. The summed E-state index contributed by atoms with van der Waals surface area (Å²) in [7, 11) is 0. The molecular weight excluding hydrogens is 304 g/mol. The molecule has 0 saturated carbocycles. The molecule has 1 atom stereocenters. The van der Waals surface area contributed by atoms with Crippen molar-refractivity contribution in [2.75, 3.05) is 0 Å². The number of carboxylic acids is 1. The molecule has 1 aromatic carbocycles. The van der Waals surface area contributed by atoms with Gasteiger partial charge in [-0.25, -0.2) is 0 Å². The lowest BCUT2D eigenvalue weighted by Gasteiger charge is -2.11. The highest BCUT2D eigenvalue weighted by Gasteiger charge is 2.12. The zero-order valence-corrected chi connectivity index (χ0v) is 14.5. The van der Waals surface area contributed by atoms with E-state index in [2.05, 4.69) is 0 Å². The summed E-state index contributed by atoms with van der Waals surface area (Å²) >= 11 is 0. The van der Waals surface area contributed by atoms with Gasteiger partial charge in [-0.1, -0.05) is 62.9 Å². The van der Waals surface area contributed by atoms with E-state index in [9.17, 15) is 14.4 Å². The number of hydrogen-bond donors (Lipinski definition) is 1. The molecule has 1 aromatic rings. The maximum Gasteiger partial charge on any atom is 0.303 e. The molecule has 4 nitrogen and oxygen atoms in total. The number of carboxylic acid groups (broad SMARTS) is 1. The van der Waals surface area contributed by atoms with Crippen LogP contribution in [0.2, 0.25) is 0 Å². The van der Waals surface area contributed by atoms with Crippen molar-refractivity contribution in [2.45, 2.75) is 64.7 Å². The van der Waals surface area contributed by atoms with E-state index in [1.165, 1.54) is 0 Å². The van der Waals surface area contributed by atoms with Crippen LogP contribution in [0.25, 0.3) is 0 Å². The fourth-order valence-electron chi connectivity index (χ4n) is 2.80. The molecule has 0 aromatic heterocycles. The third-order valence-corrected chi connectivity index (χ3v) is 4.31. The first kappa shape index (κ1) is 20.1. The molecule has 1 rings (SSSR count). The predicted octanol–water partition coefficient (Wildman–Crippen LogP) is 4.67. The zero-order valence-electron chi connectivity index (χ0n) is 14.5. The third kappa shape index (κ3) is 8.61. The number of Topliss-reactive ketones (excluding diaryl/α,β-unsaturated/α-hetero) is 2. The largest absolute Gasteiger partial charge is 0.481 e. The van der Waals surface area contributed by atoms with Crippen molar-refractivity contribution in [2.24, 2.45) is 5.92 Å². The second kappa shape index (κ2) is 11.5. The lowest BCUT2D eigenvalue weighted by Crippen LogP contribution is -2.08. The highest BCUT2D eigenvalue weighted by molar-refractivity contribution is 6.07. The van der Waals surface area contributed by atoms with Gasteiger partial charge in [0.05, 0.1) is 6.42 Å². The maximum absolute atomic E-state index is 11.9. The van der Waals surface area contributed by atoms with E-state index in [1.807, 2.05) is 13.0 Å². The van der Waals surface area contributed by atoms with Gasteiger partial charge in [-0.15, -0.1) is 0 Å². The monoisotopic (exact) mass is 332 g/mol. The van der Waals surface area contributed by atoms with E-state index in [1.54, 1.807) is 24.3 Å². The summed E-state index contributed by atoms with van der Waals surface area (Å²) in [5, 5.41) is 8.81. The van der Waals surface area contributed by atoms with E-state index in [0.717, 1.165) is 38.5 Å². The molecule has 132 valence electrons. The van der Waals surface area contributed by atoms with Gasteiger partial charge in [-0.2, -0.15) is 0 Å². The predicted molar refractivity (Wildman–Crippen MR) is 94.1 cm³/mol. The molecule has 0 bridgehead atoms. The van der Waals surface area contributed by atoms with Crippen LogP contribution in [-0.2, 0) is 9.59 Å². The van der Waals surface area contributed by atoms with E-state index in [-0.39, 0.29) is 30.3 Å².